The second kappa shape index (κ2) is 7.11. The fourth-order valence-corrected chi connectivity index (χ4v) is 2.32. The molecule has 0 bridgehead atoms. The molecule has 0 aliphatic heterocycles. The van der Waals surface area contributed by atoms with Crippen LogP contribution in [0.1, 0.15) is 23.7 Å². The fraction of sp³-hybridized carbons (Fsp3) is 0.294. The smallest absolute Gasteiger partial charge is 0.208 e. The van der Waals surface area contributed by atoms with Gasteiger partial charge in [-0.25, -0.2) is 0 Å². The van der Waals surface area contributed by atoms with E-state index >= 15 is 0 Å². The molecular weight excluding hydrogens is 298 g/mol. The monoisotopic (exact) mass is 319 g/mol. The first-order chi connectivity index (χ1) is 11.0. The number of ether oxygens (including phenoxy) is 1. The van der Waals surface area contributed by atoms with Crippen LogP contribution in [-0.2, 0) is 0 Å². The highest BCUT2D eigenvalue weighted by molar-refractivity contribution is 5.67. The van der Waals surface area contributed by atoms with Crippen LogP contribution in [0.3, 0.4) is 0 Å². The van der Waals surface area contributed by atoms with Gasteiger partial charge in [-0.3, -0.25) is 0 Å². The van der Waals surface area contributed by atoms with Gasteiger partial charge in [0, 0.05) is 12.0 Å². The van der Waals surface area contributed by atoms with Crippen LogP contribution in [0.25, 0.3) is 0 Å². The lowest BCUT2D eigenvalue weighted by Gasteiger charge is -2.22. The van der Waals surface area contributed by atoms with Crippen LogP contribution in [0.2, 0.25) is 0 Å². The van der Waals surface area contributed by atoms with Gasteiger partial charge in [-0.2, -0.15) is 0 Å². The predicted octanol–water partition coefficient (Wildman–Crippen LogP) is 2.55. The van der Waals surface area contributed by atoms with Crippen molar-refractivity contribution < 1.29 is 25.2 Å². The predicted molar refractivity (Wildman–Crippen MR) is 86.2 cm³/mol. The lowest BCUT2D eigenvalue weighted by Crippen LogP contribution is -2.16. The van der Waals surface area contributed by atoms with E-state index in [-0.39, 0.29) is 11.3 Å². The summed E-state index contributed by atoms with van der Waals surface area (Å²) in [5, 5.41) is 42.2. The summed E-state index contributed by atoms with van der Waals surface area (Å²) in [6.07, 6.45) is 0.221. The summed E-state index contributed by atoms with van der Waals surface area (Å²) in [4.78, 5) is 0. The summed E-state index contributed by atoms with van der Waals surface area (Å²) >= 11 is 0. The topological polar surface area (TPSA) is 102 Å². The van der Waals surface area contributed by atoms with Crippen LogP contribution < -0.4 is 10.1 Å². The summed E-state index contributed by atoms with van der Waals surface area (Å²) < 4.78 is 5.86. The number of phenolic OH excluding ortho intramolecular Hbond substituents is 4. The van der Waals surface area contributed by atoms with Gasteiger partial charge in [0.2, 0.25) is 17.2 Å². The first-order valence-electron chi connectivity index (χ1n) is 7.30. The second-order valence-electron chi connectivity index (χ2n) is 5.26. The van der Waals surface area contributed by atoms with Gasteiger partial charge in [0.15, 0.2) is 11.5 Å². The highest BCUT2D eigenvalue weighted by atomic mass is 16.5. The highest BCUT2D eigenvalue weighted by Gasteiger charge is 2.25. The van der Waals surface area contributed by atoms with E-state index in [2.05, 4.69) is 5.32 Å². The van der Waals surface area contributed by atoms with E-state index in [9.17, 15) is 20.4 Å². The first-order valence-corrected chi connectivity index (χ1v) is 7.30. The molecule has 0 amide bonds. The van der Waals surface area contributed by atoms with E-state index in [1.54, 1.807) is 0 Å². The van der Waals surface area contributed by atoms with Crippen molar-refractivity contribution in [3.05, 3.63) is 41.5 Å². The molecule has 0 heterocycles. The fourth-order valence-electron chi connectivity index (χ4n) is 2.32. The summed E-state index contributed by atoms with van der Waals surface area (Å²) in [5.74, 6) is -2.73. The van der Waals surface area contributed by atoms with E-state index in [1.165, 1.54) is 6.92 Å². The maximum absolute atomic E-state index is 10.0. The Hall–Kier alpha value is -2.60. The number of phenols is 4. The van der Waals surface area contributed by atoms with Crippen molar-refractivity contribution in [2.24, 2.45) is 0 Å². The normalized spacial score (nSPS) is 12.1. The van der Waals surface area contributed by atoms with E-state index in [4.69, 9.17) is 4.74 Å². The van der Waals surface area contributed by atoms with Crippen LogP contribution in [0, 0.1) is 6.92 Å². The average Bonchev–Trinajstić information content (AvgIpc) is 2.58. The molecule has 124 valence electrons. The molecule has 0 radical (unpaired) electrons. The Kier molecular flexibility index (Phi) is 5.18. The van der Waals surface area contributed by atoms with E-state index < -0.39 is 29.1 Å². The minimum absolute atomic E-state index is 0.0530. The number of hydrogen-bond donors (Lipinski definition) is 5. The standard InChI is InChI=1S/C17H21NO5/c1-10-13(19)14(20)15(21)16(22)17(10)23-12(8-9-18-2)11-6-4-3-5-7-11/h3-7,12,18-22H,8-9H2,1-2H3. The number of rotatable bonds is 6. The molecule has 6 heteroatoms. The van der Waals surface area contributed by atoms with Crippen LogP contribution in [0.5, 0.6) is 28.7 Å². The quantitative estimate of drug-likeness (QED) is 0.414. The third kappa shape index (κ3) is 3.43. The number of nitrogens with one attached hydrogen (secondary N) is 1. The van der Waals surface area contributed by atoms with Gasteiger partial charge >= 0.3 is 0 Å². The zero-order valence-corrected chi connectivity index (χ0v) is 13.1. The van der Waals surface area contributed by atoms with Gasteiger partial charge in [0.25, 0.3) is 0 Å². The third-order valence-electron chi connectivity index (χ3n) is 3.67. The largest absolute Gasteiger partial charge is 0.504 e. The average molecular weight is 319 g/mol. The van der Waals surface area contributed by atoms with Gasteiger partial charge in [-0.1, -0.05) is 30.3 Å². The van der Waals surface area contributed by atoms with Gasteiger partial charge in [-0.05, 0) is 26.1 Å². The Morgan fingerprint density at radius 2 is 1.57 bits per heavy atom. The van der Waals surface area contributed by atoms with Crippen molar-refractivity contribution in [1.29, 1.82) is 0 Å². The summed E-state index contributed by atoms with van der Waals surface area (Å²) in [7, 11) is 1.82. The second-order valence-corrected chi connectivity index (χ2v) is 5.26. The molecular formula is C17H21NO5. The van der Waals surface area contributed by atoms with Crippen LogP contribution >= 0.6 is 0 Å². The van der Waals surface area contributed by atoms with E-state index in [1.807, 2.05) is 37.4 Å². The molecule has 2 aromatic rings. The minimum Gasteiger partial charge on any atom is -0.504 e. The maximum atomic E-state index is 10.0. The summed E-state index contributed by atoms with van der Waals surface area (Å²) in [6, 6.07) is 9.44. The molecule has 2 aromatic carbocycles. The molecule has 0 saturated carbocycles. The van der Waals surface area contributed by atoms with E-state index in [0.29, 0.717) is 13.0 Å². The molecule has 0 aliphatic rings. The Labute approximate surface area is 134 Å². The van der Waals surface area contributed by atoms with E-state index in [0.717, 1.165) is 5.56 Å². The number of aromatic hydroxyl groups is 4. The maximum Gasteiger partial charge on any atom is 0.208 e. The Morgan fingerprint density at radius 3 is 2.17 bits per heavy atom. The molecule has 6 nitrogen and oxygen atoms in total. The van der Waals surface area contributed by atoms with Crippen LogP contribution in [0.4, 0.5) is 0 Å². The van der Waals surface area contributed by atoms with Gasteiger partial charge < -0.3 is 30.5 Å². The highest BCUT2D eigenvalue weighted by Crippen LogP contribution is 2.51. The molecule has 0 aromatic heterocycles. The summed E-state index contributed by atoms with van der Waals surface area (Å²) in [6.45, 7) is 2.17. The van der Waals surface area contributed by atoms with Crippen LogP contribution in [0.15, 0.2) is 30.3 Å². The Morgan fingerprint density at radius 1 is 0.957 bits per heavy atom. The Bertz CT molecular complexity index is 643. The van der Waals surface area contributed by atoms with Gasteiger partial charge in [0.05, 0.1) is 0 Å². The van der Waals surface area contributed by atoms with Crippen molar-refractivity contribution in [2.75, 3.05) is 13.6 Å². The molecule has 1 unspecified atom stereocenters. The SMILES string of the molecule is CNCCC(Oc1c(C)c(O)c(O)c(O)c1O)c1ccccc1. The molecule has 0 saturated heterocycles. The lowest BCUT2D eigenvalue weighted by molar-refractivity contribution is 0.182. The zero-order valence-electron chi connectivity index (χ0n) is 13.1. The molecule has 0 spiro atoms. The number of benzene rings is 2. The van der Waals surface area contributed by atoms with Crippen LogP contribution in [-0.4, -0.2) is 34.0 Å². The molecule has 0 aliphatic carbocycles. The molecule has 2 rings (SSSR count). The molecule has 5 N–H and O–H groups in total. The molecule has 0 fully saturated rings. The van der Waals surface area contributed by atoms with Crippen molar-refractivity contribution in [1.82, 2.24) is 5.32 Å². The third-order valence-corrected chi connectivity index (χ3v) is 3.67. The minimum atomic E-state index is -0.802. The van der Waals surface area contributed by atoms with Crippen molar-refractivity contribution >= 4 is 0 Å². The van der Waals surface area contributed by atoms with Gasteiger partial charge in [0.1, 0.15) is 6.10 Å². The van der Waals surface area contributed by atoms with Gasteiger partial charge in [-0.15, -0.1) is 0 Å². The van der Waals surface area contributed by atoms with Crippen molar-refractivity contribution in [2.45, 2.75) is 19.4 Å². The molecule has 23 heavy (non-hydrogen) atoms. The summed E-state index contributed by atoms with van der Waals surface area (Å²) in [5.41, 5.74) is 1.05. The lowest BCUT2D eigenvalue weighted by atomic mass is 10.1. The zero-order chi connectivity index (χ0) is 17.0. The van der Waals surface area contributed by atoms with Crippen molar-refractivity contribution in [3.63, 3.8) is 0 Å². The Balaban J connectivity index is 2.41. The number of hydrogen-bond acceptors (Lipinski definition) is 6. The van der Waals surface area contributed by atoms with Crippen molar-refractivity contribution in [3.8, 4) is 28.7 Å². The first kappa shape index (κ1) is 16.8. The molecule has 1 atom stereocenters.